The van der Waals surface area contributed by atoms with E-state index >= 15 is 0 Å². The van der Waals surface area contributed by atoms with Crippen LogP contribution in [0.3, 0.4) is 0 Å². The zero-order valence-electron chi connectivity index (χ0n) is 16.3. The number of nitrogens with one attached hydrogen (secondary N) is 3. The molecule has 3 N–H and O–H groups in total. The quantitative estimate of drug-likeness (QED) is 0.235. The molecule has 1 amide bonds. The fourth-order valence-electron chi connectivity index (χ4n) is 2.86. The molecule has 0 bridgehead atoms. The van der Waals surface area contributed by atoms with Crippen LogP contribution in [0.4, 0.5) is 5.69 Å². The first-order valence-electron chi connectivity index (χ1n) is 9.44. The molecule has 0 fully saturated rings. The van der Waals surface area contributed by atoms with Gasteiger partial charge in [-0.2, -0.15) is 0 Å². The number of hydrogen-bond donors (Lipinski definition) is 3. The Morgan fingerprint density at radius 3 is 1.94 bits per heavy atom. The van der Waals surface area contributed by atoms with Gasteiger partial charge in [0.05, 0.1) is 6.42 Å². The van der Waals surface area contributed by atoms with Gasteiger partial charge in [-0.05, 0) is 41.0 Å². The van der Waals surface area contributed by atoms with E-state index in [4.69, 9.17) is 47.0 Å². The molecular formula is C23H20Cl3N3OS. The Balaban J connectivity index is 1.59. The van der Waals surface area contributed by atoms with Crippen LogP contribution in [0.25, 0.3) is 11.1 Å². The summed E-state index contributed by atoms with van der Waals surface area (Å²) >= 11 is 23.4. The molecule has 0 saturated carbocycles. The fourth-order valence-corrected chi connectivity index (χ4v) is 3.43. The van der Waals surface area contributed by atoms with Gasteiger partial charge in [-0.3, -0.25) is 4.79 Å². The maximum absolute atomic E-state index is 12.6. The summed E-state index contributed by atoms with van der Waals surface area (Å²) in [5.41, 5.74) is 3.79. The Labute approximate surface area is 201 Å². The molecule has 1 unspecified atom stereocenters. The van der Waals surface area contributed by atoms with Crippen molar-refractivity contribution in [2.24, 2.45) is 0 Å². The lowest BCUT2D eigenvalue weighted by Gasteiger charge is -2.27. The van der Waals surface area contributed by atoms with Crippen molar-refractivity contribution in [1.82, 2.24) is 10.6 Å². The maximum atomic E-state index is 12.6. The molecule has 1 atom stereocenters. The predicted molar refractivity (Wildman–Crippen MR) is 134 cm³/mol. The summed E-state index contributed by atoms with van der Waals surface area (Å²) in [6, 6.07) is 27.1. The van der Waals surface area contributed by atoms with Crippen LogP contribution < -0.4 is 16.0 Å². The van der Waals surface area contributed by atoms with Crippen LogP contribution in [-0.4, -0.2) is 21.0 Å². The average Bonchev–Trinajstić information content (AvgIpc) is 2.74. The van der Waals surface area contributed by atoms with Gasteiger partial charge >= 0.3 is 0 Å². The van der Waals surface area contributed by atoms with Crippen LogP contribution in [0.2, 0.25) is 0 Å². The lowest BCUT2D eigenvalue weighted by molar-refractivity contribution is -0.121. The number of amides is 1. The number of alkyl halides is 3. The van der Waals surface area contributed by atoms with Gasteiger partial charge in [-0.1, -0.05) is 108 Å². The molecule has 0 aliphatic carbocycles. The number of rotatable bonds is 6. The number of para-hydroxylation sites is 1. The second-order valence-electron chi connectivity index (χ2n) is 6.75. The van der Waals surface area contributed by atoms with Crippen molar-refractivity contribution in [3.63, 3.8) is 0 Å². The highest BCUT2D eigenvalue weighted by molar-refractivity contribution is 7.80. The lowest BCUT2D eigenvalue weighted by atomic mass is 10.0. The van der Waals surface area contributed by atoms with Crippen LogP contribution >= 0.6 is 47.0 Å². The lowest BCUT2D eigenvalue weighted by Crippen LogP contribution is -2.56. The molecular weight excluding hydrogens is 473 g/mol. The van der Waals surface area contributed by atoms with E-state index < -0.39 is 9.96 Å². The third-order valence-electron chi connectivity index (χ3n) is 4.37. The van der Waals surface area contributed by atoms with Crippen molar-refractivity contribution >= 4 is 63.7 Å². The summed E-state index contributed by atoms with van der Waals surface area (Å²) in [4.78, 5) is 12.6. The van der Waals surface area contributed by atoms with Gasteiger partial charge < -0.3 is 16.0 Å². The first-order chi connectivity index (χ1) is 14.8. The number of halogens is 3. The SMILES string of the molecule is O=C(Cc1ccc(-c2ccccc2)cc1)NC(NC(=S)Nc1ccccc1)C(Cl)(Cl)Cl. The van der Waals surface area contributed by atoms with Gasteiger partial charge in [-0.25, -0.2) is 0 Å². The molecule has 0 saturated heterocycles. The van der Waals surface area contributed by atoms with E-state index in [0.717, 1.165) is 22.4 Å². The molecule has 0 heterocycles. The van der Waals surface area contributed by atoms with E-state index in [-0.39, 0.29) is 17.4 Å². The first-order valence-corrected chi connectivity index (χ1v) is 11.0. The van der Waals surface area contributed by atoms with Crippen molar-refractivity contribution in [3.8, 4) is 11.1 Å². The largest absolute Gasteiger partial charge is 0.339 e. The summed E-state index contributed by atoms with van der Waals surface area (Å²) in [7, 11) is 0. The highest BCUT2D eigenvalue weighted by Gasteiger charge is 2.34. The van der Waals surface area contributed by atoms with Crippen molar-refractivity contribution in [2.75, 3.05) is 5.32 Å². The van der Waals surface area contributed by atoms with Crippen molar-refractivity contribution in [1.29, 1.82) is 0 Å². The molecule has 4 nitrogen and oxygen atoms in total. The van der Waals surface area contributed by atoms with Crippen LogP contribution in [0.15, 0.2) is 84.9 Å². The smallest absolute Gasteiger partial charge is 0.228 e. The topological polar surface area (TPSA) is 53.2 Å². The number of benzene rings is 3. The summed E-state index contributed by atoms with van der Waals surface area (Å²) < 4.78 is -1.81. The molecule has 0 spiro atoms. The summed E-state index contributed by atoms with van der Waals surface area (Å²) in [5, 5.41) is 8.74. The van der Waals surface area contributed by atoms with Crippen molar-refractivity contribution in [3.05, 3.63) is 90.5 Å². The fraction of sp³-hybridized carbons (Fsp3) is 0.130. The van der Waals surface area contributed by atoms with Gasteiger partial charge in [0.15, 0.2) is 5.11 Å². The number of carbonyl (C=O) groups excluding carboxylic acids is 1. The third-order valence-corrected chi connectivity index (χ3v) is 5.24. The Bertz CT molecular complexity index is 1010. The summed E-state index contributed by atoms with van der Waals surface area (Å²) in [6.07, 6.45) is -0.885. The van der Waals surface area contributed by atoms with Gasteiger partial charge in [0.1, 0.15) is 6.17 Å². The Morgan fingerprint density at radius 1 is 0.806 bits per heavy atom. The zero-order chi connectivity index (χ0) is 22.3. The second-order valence-corrected chi connectivity index (χ2v) is 9.52. The maximum Gasteiger partial charge on any atom is 0.228 e. The summed E-state index contributed by atoms with van der Waals surface area (Å²) in [5.74, 6) is -0.307. The van der Waals surface area contributed by atoms with Gasteiger partial charge in [0.2, 0.25) is 9.70 Å². The molecule has 0 aliphatic rings. The zero-order valence-corrected chi connectivity index (χ0v) is 19.4. The minimum atomic E-state index is -1.81. The van der Waals surface area contributed by atoms with Crippen LogP contribution in [-0.2, 0) is 11.2 Å². The van der Waals surface area contributed by atoms with Crippen molar-refractivity contribution in [2.45, 2.75) is 16.4 Å². The molecule has 31 heavy (non-hydrogen) atoms. The Morgan fingerprint density at radius 2 is 1.35 bits per heavy atom. The normalized spacial score (nSPS) is 12.0. The molecule has 3 rings (SSSR count). The average molecular weight is 493 g/mol. The number of anilines is 1. The van der Waals surface area contributed by atoms with Crippen molar-refractivity contribution < 1.29 is 4.79 Å². The van der Waals surface area contributed by atoms with Crippen LogP contribution in [0, 0.1) is 0 Å². The second kappa shape index (κ2) is 10.8. The van der Waals surface area contributed by atoms with Crippen LogP contribution in [0.5, 0.6) is 0 Å². The predicted octanol–water partition coefficient (Wildman–Crippen LogP) is 5.70. The third kappa shape index (κ3) is 7.40. The molecule has 160 valence electrons. The Kier molecular flexibility index (Phi) is 8.15. The Hall–Kier alpha value is -2.31. The van der Waals surface area contributed by atoms with Gasteiger partial charge in [0.25, 0.3) is 0 Å². The first kappa shape index (κ1) is 23.4. The highest BCUT2D eigenvalue weighted by Crippen LogP contribution is 2.29. The van der Waals surface area contributed by atoms with Gasteiger partial charge in [0, 0.05) is 5.69 Å². The van der Waals surface area contributed by atoms with E-state index in [1.807, 2.05) is 84.9 Å². The van der Waals surface area contributed by atoms with E-state index in [2.05, 4.69) is 16.0 Å². The van der Waals surface area contributed by atoms with E-state index in [1.165, 1.54) is 0 Å². The number of carbonyl (C=O) groups is 1. The molecule has 0 radical (unpaired) electrons. The van der Waals surface area contributed by atoms with Crippen LogP contribution in [0.1, 0.15) is 5.56 Å². The standard InChI is InChI=1S/C23H20Cl3N3OS/c24-23(25,26)21(29-22(31)27-19-9-5-2-6-10-19)28-20(30)15-16-11-13-18(14-12-16)17-7-3-1-4-8-17/h1-14,21H,15H2,(H,28,30)(H2,27,29,31). The minimum absolute atomic E-state index is 0.132. The van der Waals surface area contributed by atoms with Gasteiger partial charge in [-0.15, -0.1) is 0 Å². The summed E-state index contributed by atoms with van der Waals surface area (Å²) in [6.45, 7) is 0. The minimum Gasteiger partial charge on any atom is -0.339 e. The van der Waals surface area contributed by atoms with E-state index in [1.54, 1.807) is 0 Å². The molecule has 3 aromatic carbocycles. The van der Waals surface area contributed by atoms with E-state index in [9.17, 15) is 4.79 Å². The molecule has 8 heteroatoms. The molecule has 0 aromatic heterocycles. The molecule has 0 aliphatic heterocycles. The van der Waals surface area contributed by atoms with E-state index in [0.29, 0.717) is 0 Å². The molecule has 3 aromatic rings. The number of hydrogen-bond acceptors (Lipinski definition) is 2. The highest BCUT2D eigenvalue weighted by atomic mass is 35.6. The monoisotopic (exact) mass is 491 g/mol. The number of thiocarbonyl (C=S) groups is 1.